The summed E-state index contributed by atoms with van der Waals surface area (Å²) in [5.41, 5.74) is 3.40. The highest BCUT2D eigenvalue weighted by atomic mass is 19.1. The van der Waals surface area contributed by atoms with Gasteiger partial charge in [0.1, 0.15) is 5.82 Å². The molecule has 1 heterocycles. The van der Waals surface area contributed by atoms with Crippen molar-refractivity contribution in [3.8, 4) is 0 Å². The highest BCUT2D eigenvalue weighted by Gasteiger charge is 2.03. The molecule has 1 aromatic heterocycles. The van der Waals surface area contributed by atoms with E-state index in [1.807, 2.05) is 0 Å². The zero-order valence-electron chi connectivity index (χ0n) is 12.4. The molecular formula is C17H15FN2O3. The summed E-state index contributed by atoms with van der Waals surface area (Å²) in [4.78, 5) is 22.9. The van der Waals surface area contributed by atoms with Crippen LogP contribution >= 0.6 is 0 Å². The number of nitrogens with one attached hydrogen (secondary N) is 1. The van der Waals surface area contributed by atoms with Crippen LogP contribution in [-0.2, 0) is 11.8 Å². The van der Waals surface area contributed by atoms with Gasteiger partial charge in [0.05, 0.1) is 0 Å². The number of halogens is 1. The predicted octanol–water partition coefficient (Wildman–Crippen LogP) is 2.58. The van der Waals surface area contributed by atoms with Crippen LogP contribution in [0.25, 0.3) is 12.2 Å². The third-order valence-electron chi connectivity index (χ3n) is 3.14. The number of carbonyl (C=O) groups excluding carboxylic acids is 2. The van der Waals surface area contributed by atoms with Gasteiger partial charge in [-0.3, -0.25) is 14.8 Å². The first-order chi connectivity index (χ1) is 11.0. The number of benzene rings is 1. The number of nitrogens with zero attached hydrogens (tertiary/aromatic N) is 1. The number of rotatable bonds is 5. The van der Waals surface area contributed by atoms with Gasteiger partial charge in [-0.05, 0) is 54.1 Å². The Morgan fingerprint density at radius 2 is 1.87 bits per heavy atom. The molecule has 2 N–H and O–H groups in total. The highest BCUT2D eigenvalue weighted by molar-refractivity contribution is 6.06. The molecule has 0 aliphatic rings. The maximum Gasteiger partial charge on any atom is 0.267 e. The molecule has 1 amide bonds. The lowest BCUT2D eigenvalue weighted by Gasteiger charge is -1.94. The van der Waals surface area contributed by atoms with E-state index in [9.17, 15) is 14.0 Å². The third kappa shape index (κ3) is 4.49. The minimum Gasteiger partial charge on any atom is -0.350 e. The van der Waals surface area contributed by atoms with Crippen LogP contribution in [0.5, 0.6) is 0 Å². The smallest absolute Gasteiger partial charge is 0.267 e. The van der Waals surface area contributed by atoms with E-state index in [0.717, 1.165) is 11.3 Å². The van der Waals surface area contributed by atoms with Crippen LogP contribution < -0.4 is 5.48 Å². The number of hydrogen-bond donors (Lipinski definition) is 2. The SMILES string of the molecule is Cn1cc(/C=C/C(=O)c2ccc(F)cc2)cc1/C=C/C(=O)NO. The van der Waals surface area contributed by atoms with Crippen LogP contribution in [0, 0.1) is 5.82 Å². The average molecular weight is 314 g/mol. The molecule has 0 radical (unpaired) electrons. The van der Waals surface area contributed by atoms with Crippen LogP contribution in [0.15, 0.2) is 48.7 Å². The Morgan fingerprint density at radius 3 is 2.52 bits per heavy atom. The normalized spacial score (nSPS) is 11.3. The Labute approximate surface area is 132 Å². The summed E-state index contributed by atoms with van der Waals surface area (Å²) < 4.78 is 14.6. The van der Waals surface area contributed by atoms with E-state index in [-0.39, 0.29) is 5.78 Å². The Bertz CT molecular complexity index is 774. The zero-order valence-corrected chi connectivity index (χ0v) is 12.4. The number of amides is 1. The molecule has 2 aromatic rings. The number of hydroxylamine groups is 1. The van der Waals surface area contributed by atoms with Gasteiger partial charge >= 0.3 is 0 Å². The quantitative estimate of drug-likeness (QED) is 0.386. The van der Waals surface area contributed by atoms with Crippen molar-refractivity contribution in [1.82, 2.24) is 10.0 Å². The van der Waals surface area contributed by atoms with Crippen molar-refractivity contribution in [2.45, 2.75) is 0 Å². The predicted molar refractivity (Wildman–Crippen MR) is 84.1 cm³/mol. The molecule has 0 fully saturated rings. The number of ketones is 1. The summed E-state index contributed by atoms with van der Waals surface area (Å²) in [7, 11) is 1.79. The maximum absolute atomic E-state index is 12.8. The Kier molecular flexibility index (Phi) is 5.22. The molecular weight excluding hydrogens is 299 g/mol. The van der Waals surface area contributed by atoms with E-state index in [4.69, 9.17) is 5.21 Å². The number of allylic oxidation sites excluding steroid dienone is 1. The van der Waals surface area contributed by atoms with Crippen LogP contribution in [0.4, 0.5) is 4.39 Å². The monoisotopic (exact) mass is 314 g/mol. The highest BCUT2D eigenvalue weighted by Crippen LogP contribution is 2.12. The summed E-state index contributed by atoms with van der Waals surface area (Å²) in [6.45, 7) is 0. The second-order valence-electron chi connectivity index (χ2n) is 4.82. The maximum atomic E-state index is 12.8. The lowest BCUT2D eigenvalue weighted by molar-refractivity contribution is -0.124. The van der Waals surface area contributed by atoms with Crippen molar-refractivity contribution >= 4 is 23.8 Å². The van der Waals surface area contributed by atoms with Crippen LogP contribution in [0.2, 0.25) is 0 Å². The molecule has 23 heavy (non-hydrogen) atoms. The lowest BCUT2D eigenvalue weighted by Crippen LogP contribution is -2.14. The second-order valence-corrected chi connectivity index (χ2v) is 4.82. The minimum absolute atomic E-state index is 0.231. The van der Waals surface area contributed by atoms with Crippen LogP contribution in [0.1, 0.15) is 21.6 Å². The van der Waals surface area contributed by atoms with Gasteiger partial charge in [0, 0.05) is 30.6 Å². The number of carbonyl (C=O) groups is 2. The molecule has 6 heteroatoms. The van der Waals surface area contributed by atoms with Gasteiger partial charge < -0.3 is 4.57 Å². The fourth-order valence-electron chi connectivity index (χ4n) is 1.95. The van der Waals surface area contributed by atoms with E-state index >= 15 is 0 Å². The van der Waals surface area contributed by atoms with Gasteiger partial charge in [-0.25, -0.2) is 9.87 Å². The average Bonchev–Trinajstić information content (AvgIpc) is 2.91. The summed E-state index contributed by atoms with van der Waals surface area (Å²) in [5.74, 6) is -1.25. The van der Waals surface area contributed by atoms with Crippen molar-refractivity contribution in [2.75, 3.05) is 0 Å². The van der Waals surface area contributed by atoms with Gasteiger partial charge in [0.2, 0.25) is 0 Å². The third-order valence-corrected chi connectivity index (χ3v) is 3.14. The Balaban J connectivity index is 2.11. The fraction of sp³-hybridized carbons (Fsp3) is 0.0588. The van der Waals surface area contributed by atoms with Crippen molar-refractivity contribution in [3.05, 3.63) is 71.3 Å². The molecule has 0 saturated carbocycles. The molecule has 2 rings (SSSR count). The van der Waals surface area contributed by atoms with E-state index in [1.165, 1.54) is 48.0 Å². The first kappa shape index (κ1) is 16.4. The van der Waals surface area contributed by atoms with E-state index in [1.54, 1.807) is 30.0 Å². The first-order valence-corrected chi connectivity index (χ1v) is 6.76. The molecule has 0 spiro atoms. The molecule has 5 nitrogen and oxygen atoms in total. The molecule has 0 atom stereocenters. The molecule has 0 aliphatic carbocycles. The van der Waals surface area contributed by atoms with Gasteiger partial charge in [-0.15, -0.1) is 0 Å². The van der Waals surface area contributed by atoms with E-state index in [0.29, 0.717) is 5.56 Å². The molecule has 1 aromatic carbocycles. The van der Waals surface area contributed by atoms with Crippen molar-refractivity contribution in [1.29, 1.82) is 0 Å². The summed E-state index contributed by atoms with van der Waals surface area (Å²) >= 11 is 0. The van der Waals surface area contributed by atoms with Crippen molar-refractivity contribution < 1.29 is 19.2 Å². The van der Waals surface area contributed by atoms with Crippen LogP contribution in [-0.4, -0.2) is 21.5 Å². The summed E-state index contributed by atoms with van der Waals surface area (Å²) in [5, 5.41) is 8.43. The Morgan fingerprint density at radius 1 is 1.17 bits per heavy atom. The van der Waals surface area contributed by atoms with Crippen molar-refractivity contribution in [3.63, 3.8) is 0 Å². The largest absolute Gasteiger partial charge is 0.350 e. The molecule has 0 bridgehead atoms. The fourth-order valence-corrected chi connectivity index (χ4v) is 1.95. The van der Waals surface area contributed by atoms with Gasteiger partial charge in [0.25, 0.3) is 5.91 Å². The summed E-state index contributed by atoms with van der Waals surface area (Å²) in [6, 6.07) is 7.09. The molecule has 0 saturated heterocycles. The first-order valence-electron chi connectivity index (χ1n) is 6.76. The number of aryl methyl sites for hydroxylation is 1. The van der Waals surface area contributed by atoms with Crippen LogP contribution in [0.3, 0.4) is 0 Å². The van der Waals surface area contributed by atoms with Gasteiger partial charge in [-0.1, -0.05) is 0 Å². The standard InChI is InChI=1S/C17H15FN2O3/c1-20-11-12(10-15(20)7-9-17(22)19-23)2-8-16(21)13-3-5-14(18)6-4-13/h2-11,23H,1H3,(H,19,22)/b8-2+,9-7+. The summed E-state index contributed by atoms with van der Waals surface area (Å²) in [6.07, 6.45) is 7.54. The second kappa shape index (κ2) is 7.33. The van der Waals surface area contributed by atoms with E-state index in [2.05, 4.69) is 0 Å². The molecule has 118 valence electrons. The minimum atomic E-state index is -0.630. The zero-order chi connectivity index (χ0) is 16.8. The number of hydrogen-bond acceptors (Lipinski definition) is 3. The molecule has 0 unspecified atom stereocenters. The van der Waals surface area contributed by atoms with Gasteiger partial charge in [-0.2, -0.15) is 0 Å². The lowest BCUT2D eigenvalue weighted by atomic mass is 10.1. The van der Waals surface area contributed by atoms with Crippen molar-refractivity contribution in [2.24, 2.45) is 7.05 Å². The molecule has 0 aliphatic heterocycles. The van der Waals surface area contributed by atoms with Gasteiger partial charge in [0.15, 0.2) is 5.78 Å². The van der Waals surface area contributed by atoms with E-state index < -0.39 is 11.7 Å². The number of aromatic nitrogens is 1. The topological polar surface area (TPSA) is 71.3 Å². The Hall–Kier alpha value is -2.99.